The van der Waals surface area contributed by atoms with Gasteiger partial charge in [0.1, 0.15) is 0 Å². The molecule has 1 unspecified atom stereocenters. The highest BCUT2D eigenvalue weighted by Crippen LogP contribution is 2.51. The molecule has 5 atom stereocenters. The summed E-state index contributed by atoms with van der Waals surface area (Å²) in [5.74, 6) is 0.764. The molecule has 2 N–H and O–H groups in total. The molecule has 5 nitrogen and oxygen atoms in total. The molecule has 1 saturated heterocycles. The number of ether oxygens (including phenoxy) is 2. The molecule has 0 aromatic heterocycles. The van der Waals surface area contributed by atoms with Gasteiger partial charge in [-0.25, -0.2) is 0 Å². The first kappa shape index (κ1) is 23.9. The van der Waals surface area contributed by atoms with Crippen molar-refractivity contribution in [3.63, 3.8) is 0 Å². The molecular formula is C22H39ClO5. The minimum Gasteiger partial charge on any atom is -0.466 e. The van der Waals surface area contributed by atoms with Crippen LogP contribution >= 0.6 is 11.6 Å². The van der Waals surface area contributed by atoms with Crippen LogP contribution in [-0.2, 0) is 14.3 Å². The maximum Gasteiger partial charge on any atom is 0.305 e. The summed E-state index contributed by atoms with van der Waals surface area (Å²) in [7, 11) is 0. The van der Waals surface area contributed by atoms with Crippen molar-refractivity contribution in [3.8, 4) is 0 Å². The Morgan fingerprint density at radius 3 is 2.61 bits per heavy atom. The number of rotatable bonds is 12. The zero-order chi connectivity index (χ0) is 20.4. The average Bonchev–Trinajstić information content (AvgIpc) is 3.00. The molecule has 0 aromatic rings. The van der Waals surface area contributed by atoms with Crippen LogP contribution in [0, 0.1) is 17.8 Å². The lowest BCUT2D eigenvalue weighted by Crippen LogP contribution is -2.42. The van der Waals surface area contributed by atoms with E-state index in [4.69, 9.17) is 21.1 Å². The molecule has 1 heterocycles. The van der Waals surface area contributed by atoms with Gasteiger partial charge < -0.3 is 19.7 Å². The number of halogens is 1. The molecule has 6 heteroatoms. The molecule has 0 amide bonds. The van der Waals surface area contributed by atoms with Gasteiger partial charge in [0, 0.05) is 19.6 Å². The Balaban J connectivity index is 1.86. The van der Waals surface area contributed by atoms with Gasteiger partial charge in [0.05, 0.1) is 24.2 Å². The summed E-state index contributed by atoms with van der Waals surface area (Å²) in [6.07, 6.45) is 9.55. The van der Waals surface area contributed by atoms with Gasteiger partial charge in [-0.1, -0.05) is 19.3 Å². The van der Waals surface area contributed by atoms with Gasteiger partial charge >= 0.3 is 5.97 Å². The van der Waals surface area contributed by atoms with E-state index in [0.717, 1.165) is 70.8 Å². The minimum atomic E-state index is -0.359. The number of hydrogen-bond acceptors (Lipinski definition) is 5. The number of carbonyl (C=O) groups excluding carboxylic acids is 1. The molecule has 28 heavy (non-hydrogen) atoms. The highest BCUT2D eigenvalue weighted by atomic mass is 35.5. The molecule has 1 aliphatic heterocycles. The van der Waals surface area contributed by atoms with Gasteiger partial charge in [-0.05, 0) is 69.6 Å². The summed E-state index contributed by atoms with van der Waals surface area (Å²) in [5, 5.41) is 20.0. The largest absolute Gasteiger partial charge is 0.466 e. The van der Waals surface area contributed by atoms with Gasteiger partial charge in [0.25, 0.3) is 0 Å². The van der Waals surface area contributed by atoms with Gasteiger partial charge in [-0.15, -0.1) is 11.6 Å². The van der Waals surface area contributed by atoms with Crippen molar-refractivity contribution in [2.45, 2.75) is 88.5 Å². The highest BCUT2D eigenvalue weighted by Gasteiger charge is 2.51. The van der Waals surface area contributed by atoms with E-state index >= 15 is 0 Å². The van der Waals surface area contributed by atoms with E-state index in [1.165, 1.54) is 0 Å². The topological polar surface area (TPSA) is 76.0 Å². The van der Waals surface area contributed by atoms with E-state index in [1.807, 2.05) is 6.92 Å². The highest BCUT2D eigenvalue weighted by molar-refractivity contribution is 6.24. The van der Waals surface area contributed by atoms with Gasteiger partial charge in [-0.2, -0.15) is 0 Å². The Bertz CT molecular complexity index is 452. The predicted molar refractivity (Wildman–Crippen MR) is 110 cm³/mol. The van der Waals surface area contributed by atoms with Crippen molar-refractivity contribution in [1.82, 2.24) is 0 Å². The molecule has 1 saturated carbocycles. The average molecular weight is 419 g/mol. The summed E-state index contributed by atoms with van der Waals surface area (Å²) in [5.41, 5.74) is 0. The van der Waals surface area contributed by atoms with Gasteiger partial charge in [0.15, 0.2) is 0 Å². The minimum absolute atomic E-state index is 0.105. The number of unbranched alkanes of at least 4 members (excludes halogenated alkanes) is 3. The van der Waals surface area contributed by atoms with E-state index in [2.05, 4.69) is 0 Å². The van der Waals surface area contributed by atoms with Crippen LogP contribution in [0.25, 0.3) is 0 Å². The normalized spacial score (nSPS) is 33.1. The fourth-order valence-electron chi connectivity index (χ4n) is 5.25. The Hall–Kier alpha value is -0.360. The predicted octanol–water partition coefficient (Wildman–Crippen LogP) is 4.06. The first-order chi connectivity index (χ1) is 13.5. The molecule has 2 aliphatic rings. The lowest BCUT2D eigenvalue weighted by molar-refractivity contribution is -0.143. The van der Waals surface area contributed by atoms with Crippen LogP contribution in [0.3, 0.4) is 0 Å². The molecule has 2 fully saturated rings. The third-order valence-electron chi connectivity index (χ3n) is 6.61. The van der Waals surface area contributed by atoms with Crippen LogP contribution in [0.15, 0.2) is 0 Å². The third-order valence-corrected chi connectivity index (χ3v) is 7.19. The zero-order valence-corrected chi connectivity index (χ0v) is 18.2. The standard InChI is InChI=1S/C22H39ClO5/c1-2-28-21(26)11-6-4-3-5-9-17-18(10-7-13-24)20(25)15-19(17)22(23)12-8-14-27-16-22/h17-20,24-25H,2-16H2,1H3/t17-,18-,19-,20-,22?/m1/s1. The molecular weight excluding hydrogens is 380 g/mol. The van der Waals surface area contributed by atoms with E-state index in [1.54, 1.807) is 0 Å². The van der Waals surface area contributed by atoms with Crippen molar-refractivity contribution >= 4 is 17.6 Å². The number of aliphatic hydroxyl groups excluding tert-OH is 2. The molecule has 0 aromatic carbocycles. The third kappa shape index (κ3) is 6.86. The summed E-state index contributed by atoms with van der Waals surface area (Å²) in [6.45, 7) is 3.81. The number of esters is 1. The van der Waals surface area contributed by atoms with Crippen LogP contribution in [0.5, 0.6) is 0 Å². The Labute approximate surface area is 175 Å². The van der Waals surface area contributed by atoms with Crippen LogP contribution in [0.4, 0.5) is 0 Å². The second kappa shape index (κ2) is 12.4. The zero-order valence-electron chi connectivity index (χ0n) is 17.4. The maximum atomic E-state index is 11.4. The van der Waals surface area contributed by atoms with Crippen LogP contribution in [0.1, 0.15) is 77.6 Å². The van der Waals surface area contributed by atoms with Crippen molar-refractivity contribution < 1.29 is 24.5 Å². The molecule has 0 bridgehead atoms. The Morgan fingerprint density at radius 2 is 1.93 bits per heavy atom. The lowest BCUT2D eigenvalue weighted by Gasteiger charge is -2.40. The first-order valence-electron chi connectivity index (χ1n) is 11.2. The molecule has 164 valence electrons. The van der Waals surface area contributed by atoms with Crippen LogP contribution in [0.2, 0.25) is 0 Å². The second-order valence-electron chi connectivity index (χ2n) is 8.55. The Kier molecular flexibility index (Phi) is 10.6. The summed E-state index contributed by atoms with van der Waals surface area (Å²) in [4.78, 5) is 11.1. The monoisotopic (exact) mass is 418 g/mol. The van der Waals surface area contributed by atoms with Crippen molar-refractivity contribution in [2.75, 3.05) is 26.4 Å². The summed E-state index contributed by atoms with van der Waals surface area (Å²) < 4.78 is 10.7. The Morgan fingerprint density at radius 1 is 1.18 bits per heavy atom. The fraction of sp³-hybridized carbons (Fsp3) is 0.955. The van der Waals surface area contributed by atoms with E-state index < -0.39 is 0 Å². The van der Waals surface area contributed by atoms with Gasteiger partial charge in [-0.3, -0.25) is 4.79 Å². The quantitative estimate of drug-likeness (QED) is 0.284. The van der Waals surface area contributed by atoms with Crippen LogP contribution < -0.4 is 0 Å². The molecule has 1 aliphatic carbocycles. The first-order valence-corrected chi connectivity index (χ1v) is 11.6. The molecule has 0 radical (unpaired) electrons. The number of alkyl halides is 1. The lowest BCUT2D eigenvalue weighted by atomic mass is 9.75. The molecule has 0 spiro atoms. The molecule has 2 rings (SSSR count). The fourth-order valence-corrected chi connectivity index (χ4v) is 5.71. The number of hydrogen-bond donors (Lipinski definition) is 2. The van der Waals surface area contributed by atoms with E-state index in [-0.39, 0.29) is 35.4 Å². The van der Waals surface area contributed by atoms with Crippen molar-refractivity contribution in [1.29, 1.82) is 0 Å². The maximum absolute atomic E-state index is 11.4. The summed E-state index contributed by atoms with van der Waals surface area (Å²) in [6, 6.07) is 0. The number of carbonyl (C=O) groups is 1. The SMILES string of the molecule is CCOC(=O)CCCCCC[C@@H]1[C@@H](CCCO)[C@H](O)C[C@H]1C1(Cl)CCCOC1. The van der Waals surface area contributed by atoms with E-state index in [0.29, 0.717) is 25.6 Å². The van der Waals surface area contributed by atoms with Crippen molar-refractivity contribution in [2.24, 2.45) is 17.8 Å². The van der Waals surface area contributed by atoms with Crippen molar-refractivity contribution in [3.05, 3.63) is 0 Å². The van der Waals surface area contributed by atoms with E-state index in [9.17, 15) is 15.0 Å². The second-order valence-corrected chi connectivity index (χ2v) is 9.30. The van der Waals surface area contributed by atoms with Gasteiger partial charge in [0.2, 0.25) is 0 Å². The van der Waals surface area contributed by atoms with Crippen LogP contribution in [-0.4, -0.2) is 53.6 Å². The number of aliphatic hydroxyl groups is 2. The summed E-state index contributed by atoms with van der Waals surface area (Å²) >= 11 is 7.03. The smallest absolute Gasteiger partial charge is 0.305 e.